The van der Waals surface area contributed by atoms with E-state index in [9.17, 15) is 0 Å². The van der Waals surface area contributed by atoms with Gasteiger partial charge in [0.15, 0.2) is 5.96 Å². The molecule has 0 heterocycles. The van der Waals surface area contributed by atoms with Gasteiger partial charge in [-0.25, -0.2) is 0 Å². The molecule has 0 saturated heterocycles. The van der Waals surface area contributed by atoms with Crippen LogP contribution in [0.2, 0.25) is 0 Å². The Balaban J connectivity index is 2.56. The van der Waals surface area contributed by atoms with E-state index in [4.69, 9.17) is 9.73 Å². The van der Waals surface area contributed by atoms with Crippen molar-refractivity contribution in [3.05, 3.63) is 0 Å². The van der Waals surface area contributed by atoms with Crippen molar-refractivity contribution in [3.63, 3.8) is 0 Å². The quantitative estimate of drug-likeness (QED) is 0.602. The summed E-state index contributed by atoms with van der Waals surface area (Å²) < 4.78 is 5.57. The topological polar surface area (TPSA) is 45.7 Å². The van der Waals surface area contributed by atoms with Crippen molar-refractivity contribution < 1.29 is 4.74 Å². The van der Waals surface area contributed by atoms with Gasteiger partial charge < -0.3 is 15.4 Å². The molecular formula is C16H33N3O. The molecule has 0 radical (unpaired) electrons. The second kappa shape index (κ2) is 8.50. The van der Waals surface area contributed by atoms with Crippen molar-refractivity contribution in [2.75, 3.05) is 20.2 Å². The van der Waals surface area contributed by atoms with Crippen molar-refractivity contribution in [3.8, 4) is 0 Å². The first-order valence-electron chi connectivity index (χ1n) is 8.05. The minimum atomic E-state index is 0.112. The molecule has 1 atom stereocenters. The molecule has 1 aliphatic carbocycles. The van der Waals surface area contributed by atoms with Crippen molar-refractivity contribution in [1.82, 2.24) is 10.6 Å². The average Bonchev–Trinajstić information content (AvgIpc) is 2.39. The molecule has 1 rings (SSSR count). The molecule has 0 aromatic rings. The molecule has 4 heteroatoms. The van der Waals surface area contributed by atoms with Gasteiger partial charge in [-0.05, 0) is 25.2 Å². The van der Waals surface area contributed by atoms with Gasteiger partial charge in [0.2, 0.25) is 0 Å². The summed E-state index contributed by atoms with van der Waals surface area (Å²) in [6.45, 7) is 10.3. The molecule has 1 fully saturated rings. The lowest BCUT2D eigenvalue weighted by Crippen LogP contribution is -2.45. The molecule has 118 valence electrons. The molecule has 0 amide bonds. The summed E-state index contributed by atoms with van der Waals surface area (Å²) in [6, 6.07) is 0.581. The SMILES string of the molecule is CCNC(=NCC(OC)C(C)(C)C)NC1CCCCC1. The molecule has 4 nitrogen and oxygen atoms in total. The highest BCUT2D eigenvalue weighted by Crippen LogP contribution is 2.22. The number of rotatable bonds is 5. The molecule has 1 unspecified atom stereocenters. The number of methoxy groups -OCH3 is 1. The maximum atomic E-state index is 5.57. The van der Waals surface area contributed by atoms with E-state index in [1.54, 1.807) is 7.11 Å². The Hall–Kier alpha value is -0.770. The summed E-state index contributed by atoms with van der Waals surface area (Å²) in [5, 5.41) is 6.92. The van der Waals surface area contributed by atoms with E-state index in [2.05, 4.69) is 38.3 Å². The third kappa shape index (κ3) is 6.12. The summed E-state index contributed by atoms with van der Waals surface area (Å²) in [5.74, 6) is 0.936. The van der Waals surface area contributed by atoms with Crippen LogP contribution in [0.15, 0.2) is 4.99 Å². The zero-order valence-corrected chi connectivity index (χ0v) is 14.0. The highest BCUT2D eigenvalue weighted by atomic mass is 16.5. The fraction of sp³-hybridized carbons (Fsp3) is 0.938. The summed E-state index contributed by atoms with van der Waals surface area (Å²) in [7, 11) is 1.77. The molecule has 0 bridgehead atoms. The van der Waals surface area contributed by atoms with Crippen molar-refractivity contribution in [2.45, 2.75) is 71.9 Å². The smallest absolute Gasteiger partial charge is 0.191 e. The molecule has 0 aliphatic heterocycles. The Morgan fingerprint density at radius 2 is 1.90 bits per heavy atom. The van der Waals surface area contributed by atoms with Crippen LogP contribution in [0.3, 0.4) is 0 Å². The minimum Gasteiger partial charge on any atom is -0.379 e. The number of nitrogens with zero attached hydrogens (tertiary/aromatic N) is 1. The molecule has 0 spiro atoms. The number of hydrogen-bond acceptors (Lipinski definition) is 2. The molecule has 2 N–H and O–H groups in total. The lowest BCUT2D eigenvalue weighted by molar-refractivity contribution is 0.0241. The third-order valence-corrected chi connectivity index (χ3v) is 3.96. The largest absolute Gasteiger partial charge is 0.379 e. The number of nitrogens with one attached hydrogen (secondary N) is 2. The lowest BCUT2D eigenvalue weighted by Gasteiger charge is -2.29. The van der Waals surface area contributed by atoms with Crippen LogP contribution < -0.4 is 10.6 Å². The summed E-state index contributed by atoms with van der Waals surface area (Å²) in [6.07, 6.45) is 6.71. The fourth-order valence-electron chi connectivity index (χ4n) is 2.64. The van der Waals surface area contributed by atoms with Gasteiger partial charge in [0.05, 0.1) is 12.6 Å². The first-order chi connectivity index (χ1) is 9.47. The van der Waals surface area contributed by atoms with E-state index < -0.39 is 0 Å². The van der Waals surface area contributed by atoms with E-state index >= 15 is 0 Å². The van der Waals surface area contributed by atoms with Gasteiger partial charge in [-0.3, -0.25) is 4.99 Å². The zero-order valence-electron chi connectivity index (χ0n) is 14.0. The maximum Gasteiger partial charge on any atom is 0.191 e. The molecule has 20 heavy (non-hydrogen) atoms. The highest BCUT2D eigenvalue weighted by molar-refractivity contribution is 5.80. The predicted molar refractivity (Wildman–Crippen MR) is 86.2 cm³/mol. The van der Waals surface area contributed by atoms with Gasteiger partial charge in [-0.15, -0.1) is 0 Å². The van der Waals surface area contributed by atoms with Crippen LogP contribution in [0.4, 0.5) is 0 Å². The third-order valence-electron chi connectivity index (χ3n) is 3.96. The average molecular weight is 283 g/mol. The van der Waals surface area contributed by atoms with Gasteiger partial charge in [0.1, 0.15) is 0 Å². The molecule has 1 saturated carbocycles. The molecule has 1 aliphatic rings. The van der Waals surface area contributed by atoms with Crippen LogP contribution in [-0.4, -0.2) is 38.3 Å². The summed E-state index contributed by atoms with van der Waals surface area (Å²) >= 11 is 0. The van der Waals surface area contributed by atoms with Crippen molar-refractivity contribution >= 4 is 5.96 Å². The van der Waals surface area contributed by atoms with Crippen LogP contribution in [0.5, 0.6) is 0 Å². The lowest BCUT2D eigenvalue weighted by atomic mass is 9.89. The Morgan fingerprint density at radius 3 is 2.40 bits per heavy atom. The van der Waals surface area contributed by atoms with Crippen LogP contribution >= 0.6 is 0 Å². The summed E-state index contributed by atoms with van der Waals surface area (Å²) in [4.78, 5) is 4.71. The van der Waals surface area contributed by atoms with Crippen molar-refractivity contribution in [1.29, 1.82) is 0 Å². The van der Waals surface area contributed by atoms with Gasteiger partial charge >= 0.3 is 0 Å². The van der Waals surface area contributed by atoms with E-state index in [1.165, 1.54) is 32.1 Å². The van der Waals surface area contributed by atoms with Crippen LogP contribution in [-0.2, 0) is 4.74 Å². The minimum absolute atomic E-state index is 0.112. The monoisotopic (exact) mass is 283 g/mol. The van der Waals surface area contributed by atoms with Gasteiger partial charge in [0, 0.05) is 19.7 Å². The fourth-order valence-corrected chi connectivity index (χ4v) is 2.64. The first kappa shape index (κ1) is 17.3. The number of guanidine groups is 1. The Labute approximate surface area is 124 Å². The molecule has 0 aromatic carbocycles. The van der Waals surface area contributed by atoms with Crippen LogP contribution in [0.25, 0.3) is 0 Å². The number of ether oxygens (including phenoxy) is 1. The van der Waals surface area contributed by atoms with Gasteiger partial charge in [-0.2, -0.15) is 0 Å². The first-order valence-corrected chi connectivity index (χ1v) is 8.05. The van der Waals surface area contributed by atoms with Crippen molar-refractivity contribution in [2.24, 2.45) is 10.4 Å². The number of aliphatic imine (C=N–C) groups is 1. The van der Waals surface area contributed by atoms with E-state index in [1.807, 2.05) is 0 Å². The highest BCUT2D eigenvalue weighted by Gasteiger charge is 2.24. The zero-order chi connectivity index (χ0) is 15.0. The predicted octanol–water partition coefficient (Wildman–Crippen LogP) is 2.94. The Morgan fingerprint density at radius 1 is 1.25 bits per heavy atom. The van der Waals surface area contributed by atoms with Gasteiger partial charge in [0.25, 0.3) is 0 Å². The van der Waals surface area contributed by atoms with Crippen LogP contribution in [0, 0.1) is 5.41 Å². The molecule has 0 aromatic heterocycles. The Kier molecular flexibility index (Phi) is 7.35. The second-order valence-corrected chi connectivity index (χ2v) is 6.79. The maximum absolute atomic E-state index is 5.57. The van der Waals surface area contributed by atoms with Crippen LogP contribution in [0.1, 0.15) is 59.8 Å². The second-order valence-electron chi connectivity index (χ2n) is 6.79. The standard InChI is InChI=1S/C16H33N3O/c1-6-17-15(19-13-10-8-7-9-11-13)18-12-14(20-5)16(2,3)4/h13-14H,6-12H2,1-5H3,(H2,17,18,19). The van der Waals surface area contributed by atoms with E-state index in [0.717, 1.165) is 12.5 Å². The summed E-state index contributed by atoms with van der Waals surface area (Å²) in [5.41, 5.74) is 0.112. The number of hydrogen-bond donors (Lipinski definition) is 2. The van der Waals surface area contributed by atoms with E-state index in [-0.39, 0.29) is 11.5 Å². The van der Waals surface area contributed by atoms with Gasteiger partial charge in [-0.1, -0.05) is 40.0 Å². The molecular weight excluding hydrogens is 250 g/mol. The normalized spacial score (nSPS) is 19.8. The Bertz CT molecular complexity index is 291. The van der Waals surface area contributed by atoms with E-state index in [0.29, 0.717) is 12.6 Å².